The molecule has 1 aromatic heterocycles. The van der Waals surface area contributed by atoms with E-state index < -0.39 is 18.2 Å². The molecule has 2 atom stereocenters. The first-order valence-electron chi connectivity index (χ1n) is 7.18. The summed E-state index contributed by atoms with van der Waals surface area (Å²) in [5.41, 5.74) is 1.45. The third kappa shape index (κ3) is 3.37. The molecular weight excluding hydrogens is 300 g/mol. The molecule has 0 aliphatic carbocycles. The molecular formula is C15H16N4O4. The van der Waals surface area contributed by atoms with E-state index in [9.17, 15) is 9.59 Å². The number of carboxylic acids is 1. The highest BCUT2D eigenvalue weighted by molar-refractivity contribution is 5.94. The number of ether oxygens (including phenoxy) is 1. The Labute approximate surface area is 132 Å². The van der Waals surface area contributed by atoms with E-state index in [4.69, 9.17) is 9.84 Å². The second-order valence-electron chi connectivity index (χ2n) is 5.34. The van der Waals surface area contributed by atoms with Crippen LogP contribution in [-0.4, -0.2) is 44.0 Å². The van der Waals surface area contributed by atoms with Crippen LogP contribution in [-0.2, 0) is 21.4 Å². The van der Waals surface area contributed by atoms with E-state index in [1.165, 1.54) is 0 Å². The van der Waals surface area contributed by atoms with E-state index in [1.807, 2.05) is 0 Å². The van der Waals surface area contributed by atoms with Crippen LogP contribution < -0.4 is 5.32 Å². The number of aromatic nitrogens is 3. The van der Waals surface area contributed by atoms with Gasteiger partial charge in [0.25, 0.3) is 5.91 Å². The lowest BCUT2D eigenvalue weighted by molar-refractivity contribution is -0.150. The summed E-state index contributed by atoms with van der Waals surface area (Å²) in [6, 6.07) is 7.10. The summed E-state index contributed by atoms with van der Waals surface area (Å²) in [4.78, 5) is 27.1. The minimum absolute atomic E-state index is 0.336. The molecule has 0 saturated carbocycles. The number of anilines is 1. The van der Waals surface area contributed by atoms with Gasteiger partial charge in [0.2, 0.25) is 0 Å². The molecule has 0 bridgehead atoms. The Hall–Kier alpha value is -2.74. The standard InChI is InChI=1S/C15H16N4O4/c1-19-8-16-13(18-19)9-2-4-10(5-3-9)17-14(20)11-6-7-12(23-11)15(21)22/h2-5,8,11-12H,6-7H2,1H3,(H,17,20)(H,21,22)/t11-,12+/m0/s1. The van der Waals surface area contributed by atoms with Crippen molar-refractivity contribution in [1.82, 2.24) is 14.8 Å². The topological polar surface area (TPSA) is 106 Å². The minimum atomic E-state index is -1.03. The zero-order valence-electron chi connectivity index (χ0n) is 12.5. The van der Waals surface area contributed by atoms with Gasteiger partial charge in [0.15, 0.2) is 11.9 Å². The minimum Gasteiger partial charge on any atom is -0.479 e. The van der Waals surface area contributed by atoms with Crippen LogP contribution in [0, 0.1) is 0 Å². The first-order valence-corrected chi connectivity index (χ1v) is 7.18. The van der Waals surface area contributed by atoms with Gasteiger partial charge in [-0.15, -0.1) is 0 Å². The molecule has 1 aliphatic heterocycles. The van der Waals surface area contributed by atoms with Crippen LogP contribution in [0.2, 0.25) is 0 Å². The first-order chi connectivity index (χ1) is 11.0. The van der Waals surface area contributed by atoms with E-state index in [0.717, 1.165) is 5.56 Å². The predicted octanol–water partition coefficient (Wildman–Crippen LogP) is 1.05. The molecule has 3 rings (SSSR count). The van der Waals surface area contributed by atoms with Crippen molar-refractivity contribution in [2.75, 3.05) is 5.32 Å². The van der Waals surface area contributed by atoms with Gasteiger partial charge in [-0.1, -0.05) is 0 Å². The Balaban J connectivity index is 1.62. The summed E-state index contributed by atoms with van der Waals surface area (Å²) in [5, 5.41) is 15.8. The number of benzene rings is 1. The third-order valence-corrected chi connectivity index (χ3v) is 3.60. The highest BCUT2D eigenvalue weighted by Crippen LogP contribution is 2.22. The van der Waals surface area contributed by atoms with Crippen LogP contribution in [0.25, 0.3) is 11.4 Å². The maximum Gasteiger partial charge on any atom is 0.332 e. The summed E-state index contributed by atoms with van der Waals surface area (Å²) in [6.45, 7) is 0. The zero-order chi connectivity index (χ0) is 16.4. The van der Waals surface area contributed by atoms with Gasteiger partial charge in [0.1, 0.15) is 12.4 Å². The second kappa shape index (κ2) is 6.17. The van der Waals surface area contributed by atoms with Crippen molar-refractivity contribution >= 4 is 17.6 Å². The van der Waals surface area contributed by atoms with Crippen LogP contribution in [0.5, 0.6) is 0 Å². The fourth-order valence-corrected chi connectivity index (χ4v) is 2.41. The molecule has 0 spiro atoms. The second-order valence-corrected chi connectivity index (χ2v) is 5.34. The summed E-state index contributed by atoms with van der Waals surface area (Å²) in [6.07, 6.45) is 0.731. The maximum atomic E-state index is 12.1. The molecule has 1 amide bonds. The molecule has 1 fully saturated rings. The number of carboxylic acid groups (broad SMARTS) is 1. The van der Waals surface area contributed by atoms with E-state index in [-0.39, 0.29) is 5.91 Å². The Morgan fingerprint density at radius 1 is 1.26 bits per heavy atom. The van der Waals surface area contributed by atoms with E-state index in [0.29, 0.717) is 24.4 Å². The first kappa shape index (κ1) is 15.2. The molecule has 1 aliphatic rings. The Kier molecular flexibility index (Phi) is 4.07. The molecule has 2 aromatic rings. The summed E-state index contributed by atoms with van der Waals surface area (Å²) < 4.78 is 6.83. The number of aryl methyl sites for hydroxylation is 1. The monoisotopic (exact) mass is 316 g/mol. The molecule has 8 nitrogen and oxygen atoms in total. The Morgan fingerprint density at radius 2 is 1.96 bits per heavy atom. The molecule has 2 N–H and O–H groups in total. The molecule has 8 heteroatoms. The van der Waals surface area contributed by atoms with Crippen molar-refractivity contribution in [1.29, 1.82) is 0 Å². The SMILES string of the molecule is Cn1cnc(-c2ccc(NC(=O)[C@@H]3CC[C@H](C(=O)O)O3)cc2)n1. The molecule has 0 unspecified atom stereocenters. The Bertz CT molecular complexity index is 725. The largest absolute Gasteiger partial charge is 0.479 e. The number of nitrogens with one attached hydrogen (secondary N) is 1. The van der Waals surface area contributed by atoms with Crippen LogP contribution in [0.15, 0.2) is 30.6 Å². The number of nitrogens with zero attached hydrogens (tertiary/aromatic N) is 3. The number of carbonyl (C=O) groups excluding carboxylic acids is 1. The molecule has 23 heavy (non-hydrogen) atoms. The van der Waals surface area contributed by atoms with Crippen molar-refractivity contribution < 1.29 is 19.4 Å². The number of aliphatic carboxylic acids is 1. The summed E-state index contributed by atoms with van der Waals surface area (Å²) in [5.74, 6) is -0.765. The number of rotatable bonds is 4. The van der Waals surface area contributed by atoms with Gasteiger partial charge in [0.05, 0.1) is 0 Å². The van der Waals surface area contributed by atoms with Gasteiger partial charge in [-0.2, -0.15) is 5.10 Å². The summed E-state index contributed by atoms with van der Waals surface area (Å²) >= 11 is 0. The number of hydrogen-bond acceptors (Lipinski definition) is 5. The molecule has 2 heterocycles. The highest BCUT2D eigenvalue weighted by atomic mass is 16.5. The average Bonchev–Trinajstić information content (AvgIpc) is 3.17. The van der Waals surface area contributed by atoms with Crippen molar-refractivity contribution in [2.45, 2.75) is 25.0 Å². The van der Waals surface area contributed by atoms with E-state index in [1.54, 1.807) is 42.3 Å². The van der Waals surface area contributed by atoms with Crippen molar-refractivity contribution in [2.24, 2.45) is 7.05 Å². The molecule has 120 valence electrons. The van der Waals surface area contributed by atoms with Gasteiger partial charge in [-0.05, 0) is 37.1 Å². The maximum absolute atomic E-state index is 12.1. The van der Waals surface area contributed by atoms with Crippen molar-refractivity contribution in [3.8, 4) is 11.4 Å². The fraction of sp³-hybridized carbons (Fsp3) is 0.333. The van der Waals surface area contributed by atoms with Gasteiger partial charge in [-0.3, -0.25) is 9.48 Å². The molecule has 0 radical (unpaired) electrons. The zero-order valence-corrected chi connectivity index (χ0v) is 12.5. The quantitative estimate of drug-likeness (QED) is 0.873. The molecule has 1 aromatic carbocycles. The highest BCUT2D eigenvalue weighted by Gasteiger charge is 2.34. The van der Waals surface area contributed by atoms with Gasteiger partial charge < -0.3 is 15.2 Å². The lowest BCUT2D eigenvalue weighted by Gasteiger charge is -2.12. The van der Waals surface area contributed by atoms with Crippen LogP contribution in [0.1, 0.15) is 12.8 Å². The van der Waals surface area contributed by atoms with Gasteiger partial charge in [0, 0.05) is 18.3 Å². The van der Waals surface area contributed by atoms with Crippen molar-refractivity contribution in [3.63, 3.8) is 0 Å². The third-order valence-electron chi connectivity index (χ3n) is 3.60. The average molecular weight is 316 g/mol. The smallest absolute Gasteiger partial charge is 0.332 e. The lowest BCUT2D eigenvalue weighted by atomic mass is 10.1. The fourth-order valence-electron chi connectivity index (χ4n) is 2.41. The van der Waals surface area contributed by atoms with Gasteiger partial charge in [-0.25, -0.2) is 9.78 Å². The summed E-state index contributed by atoms with van der Waals surface area (Å²) in [7, 11) is 1.79. The number of amides is 1. The van der Waals surface area contributed by atoms with Crippen LogP contribution in [0.3, 0.4) is 0 Å². The lowest BCUT2D eigenvalue weighted by Crippen LogP contribution is -2.29. The molecule has 1 saturated heterocycles. The predicted molar refractivity (Wildman–Crippen MR) is 80.6 cm³/mol. The normalized spacial score (nSPS) is 20.4. The van der Waals surface area contributed by atoms with Crippen LogP contribution in [0.4, 0.5) is 5.69 Å². The van der Waals surface area contributed by atoms with E-state index >= 15 is 0 Å². The number of carbonyl (C=O) groups is 2. The van der Waals surface area contributed by atoms with E-state index in [2.05, 4.69) is 15.4 Å². The Morgan fingerprint density at radius 3 is 2.52 bits per heavy atom. The number of hydrogen-bond donors (Lipinski definition) is 2. The van der Waals surface area contributed by atoms with Crippen molar-refractivity contribution in [3.05, 3.63) is 30.6 Å². The van der Waals surface area contributed by atoms with Crippen LogP contribution >= 0.6 is 0 Å². The van der Waals surface area contributed by atoms with Gasteiger partial charge >= 0.3 is 5.97 Å².